The summed E-state index contributed by atoms with van der Waals surface area (Å²) >= 11 is 0. The molecule has 0 atom stereocenters. The summed E-state index contributed by atoms with van der Waals surface area (Å²) in [7, 11) is 0. The number of rotatable bonds is 3. The molecule has 0 aliphatic carbocycles. The molecule has 4 rings (SSSR count). The lowest BCUT2D eigenvalue weighted by Gasteiger charge is -2.15. The summed E-state index contributed by atoms with van der Waals surface area (Å²) in [6.07, 6.45) is 3.77. The largest absolute Gasteiger partial charge is 0.397 e. The molecule has 6 nitrogen and oxygen atoms in total. The van der Waals surface area contributed by atoms with Crippen LogP contribution in [-0.4, -0.2) is 33.9 Å². The van der Waals surface area contributed by atoms with Gasteiger partial charge in [-0.2, -0.15) is 0 Å². The lowest BCUT2D eigenvalue weighted by Crippen LogP contribution is -2.27. The van der Waals surface area contributed by atoms with Gasteiger partial charge in [-0.05, 0) is 48.7 Å². The number of hydrogen-bond acceptors (Lipinski definition) is 4. The molecular weight excluding hydrogens is 340 g/mol. The lowest BCUT2D eigenvalue weighted by atomic mass is 10.1. The number of likely N-dealkylation sites (tertiary alicyclic amines) is 1. The summed E-state index contributed by atoms with van der Waals surface area (Å²) in [5.74, 6) is 0.0306. The number of hydrogen-bond donors (Lipinski definition) is 2. The third-order valence-corrected chi connectivity index (χ3v) is 4.72. The summed E-state index contributed by atoms with van der Waals surface area (Å²) in [4.78, 5) is 33.9. The fourth-order valence-electron chi connectivity index (χ4n) is 3.34. The smallest absolute Gasteiger partial charge is 0.276 e. The maximum Gasteiger partial charge on any atom is 0.276 e. The summed E-state index contributed by atoms with van der Waals surface area (Å²) in [6.45, 7) is 1.61. The normalized spacial score (nSPS) is 14.7. The molecule has 1 fully saturated rings. The predicted molar refractivity (Wildman–Crippen MR) is 106 cm³/mol. The van der Waals surface area contributed by atoms with Gasteiger partial charge in [0, 0.05) is 18.7 Å². The summed E-state index contributed by atoms with van der Waals surface area (Å²) < 4.78 is 0. The SMILES string of the molecule is N/C(=C\c1cccc(C(=O)N2CCCC2)c1)c1nc2ccccc2[nH]c1=O. The first-order valence-electron chi connectivity index (χ1n) is 8.98. The van der Waals surface area contributed by atoms with Crippen molar-refractivity contribution in [3.63, 3.8) is 0 Å². The number of nitrogens with one attached hydrogen (secondary N) is 1. The molecule has 1 aromatic heterocycles. The van der Waals surface area contributed by atoms with Crippen molar-refractivity contribution in [2.24, 2.45) is 5.73 Å². The molecule has 1 amide bonds. The van der Waals surface area contributed by atoms with Gasteiger partial charge in [-0.3, -0.25) is 9.59 Å². The second-order valence-electron chi connectivity index (χ2n) is 6.66. The molecule has 1 saturated heterocycles. The molecule has 0 radical (unpaired) electrons. The highest BCUT2D eigenvalue weighted by Gasteiger charge is 2.19. The van der Waals surface area contributed by atoms with Crippen molar-refractivity contribution in [1.29, 1.82) is 0 Å². The molecule has 0 saturated carbocycles. The van der Waals surface area contributed by atoms with E-state index in [0.29, 0.717) is 16.6 Å². The number of benzene rings is 2. The molecule has 27 heavy (non-hydrogen) atoms. The number of para-hydroxylation sites is 2. The predicted octanol–water partition coefficient (Wildman–Crippen LogP) is 2.62. The average molecular weight is 360 g/mol. The third kappa shape index (κ3) is 3.46. The molecule has 0 spiro atoms. The van der Waals surface area contributed by atoms with Gasteiger partial charge in [0.25, 0.3) is 11.5 Å². The first-order chi connectivity index (χ1) is 13.1. The highest BCUT2D eigenvalue weighted by molar-refractivity contribution is 5.95. The molecule has 1 aliphatic rings. The van der Waals surface area contributed by atoms with Crippen molar-refractivity contribution < 1.29 is 4.79 Å². The van der Waals surface area contributed by atoms with Gasteiger partial charge in [-0.15, -0.1) is 0 Å². The number of fused-ring (bicyclic) bond motifs is 1. The van der Waals surface area contributed by atoms with E-state index in [0.717, 1.165) is 31.5 Å². The average Bonchev–Trinajstić information content (AvgIpc) is 3.21. The van der Waals surface area contributed by atoms with Gasteiger partial charge in [0.15, 0.2) is 5.69 Å². The minimum atomic E-state index is -0.341. The van der Waals surface area contributed by atoms with Crippen LogP contribution in [-0.2, 0) is 0 Å². The first-order valence-corrected chi connectivity index (χ1v) is 8.98. The van der Waals surface area contributed by atoms with Crippen molar-refractivity contribution in [2.45, 2.75) is 12.8 Å². The van der Waals surface area contributed by atoms with Crippen LogP contribution in [0.5, 0.6) is 0 Å². The van der Waals surface area contributed by atoms with Crippen LogP contribution in [0.3, 0.4) is 0 Å². The Hall–Kier alpha value is -3.41. The number of aromatic nitrogens is 2. The van der Waals surface area contributed by atoms with E-state index in [-0.39, 0.29) is 22.9 Å². The molecule has 2 aromatic carbocycles. The van der Waals surface area contributed by atoms with Gasteiger partial charge >= 0.3 is 0 Å². The number of carbonyl (C=O) groups is 1. The van der Waals surface area contributed by atoms with Gasteiger partial charge in [-0.1, -0.05) is 24.3 Å². The third-order valence-electron chi connectivity index (χ3n) is 4.72. The van der Waals surface area contributed by atoms with Crippen molar-refractivity contribution in [1.82, 2.24) is 14.9 Å². The van der Waals surface area contributed by atoms with E-state index in [1.54, 1.807) is 24.3 Å². The fourth-order valence-corrected chi connectivity index (χ4v) is 3.34. The van der Waals surface area contributed by atoms with E-state index in [1.807, 2.05) is 35.2 Å². The summed E-state index contributed by atoms with van der Waals surface area (Å²) in [5, 5.41) is 0. The van der Waals surface area contributed by atoms with Gasteiger partial charge in [0.2, 0.25) is 0 Å². The zero-order chi connectivity index (χ0) is 18.8. The Kier molecular flexibility index (Phi) is 4.46. The monoisotopic (exact) mass is 360 g/mol. The molecule has 3 aromatic rings. The zero-order valence-corrected chi connectivity index (χ0v) is 14.8. The Morgan fingerprint density at radius 1 is 1.11 bits per heavy atom. The van der Waals surface area contributed by atoms with Gasteiger partial charge in [0.05, 0.1) is 16.7 Å². The van der Waals surface area contributed by atoms with Gasteiger partial charge in [0.1, 0.15) is 0 Å². The summed E-state index contributed by atoms with van der Waals surface area (Å²) in [5.41, 5.74) is 8.95. The zero-order valence-electron chi connectivity index (χ0n) is 14.8. The van der Waals surface area contributed by atoms with E-state index in [4.69, 9.17) is 5.73 Å². The Balaban J connectivity index is 1.67. The molecule has 0 bridgehead atoms. The second-order valence-corrected chi connectivity index (χ2v) is 6.66. The van der Waals surface area contributed by atoms with E-state index in [9.17, 15) is 9.59 Å². The van der Waals surface area contributed by atoms with Crippen LogP contribution in [0.4, 0.5) is 0 Å². The maximum absolute atomic E-state index is 12.6. The molecular formula is C21H20N4O2. The molecule has 6 heteroatoms. The highest BCUT2D eigenvalue weighted by atomic mass is 16.2. The molecule has 3 N–H and O–H groups in total. The van der Waals surface area contributed by atoms with E-state index < -0.39 is 0 Å². The van der Waals surface area contributed by atoms with Crippen LogP contribution in [0.1, 0.15) is 34.5 Å². The van der Waals surface area contributed by atoms with E-state index >= 15 is 0 Å². The number of carbonyl (C=O) groups excluding carboxylic acids is 1. The van der Waals surface area contributed by atoms with Gasteiger partial charge < -0.3 is 15.6 Å². The van der Waals surface area contributed by atoms with Crippen molar-refractivity contribution >= 4 is 28.7 Å². The van der Waals surface area contributed by atoms with Crippen molar-refractivity contribution in [3.05, 3.63) is 75.7 Å². The lowest BCUT2D eigenvalue weighted by molar-refractivity contribution is 0.0793. The van der Waals surface area contributed by atoms with Crippen LogP contribution < -0.4 is 11.3 Å². The van der Waals surface area contributed by atoms with E-state index in [2.05, 4.69) is 9.97 Å². The van der Waals surface area contributed by atoms with Crippen LogP contribution in [0, 0.1) is 0 Å². The minimum absolute atomic E-state index is 0.0306. The maximum atomic E-state index is 12.6. The Bertz CT molecular complexity index is 1090. The van der Waals surface area contributed by atoms with Crippen molar-refractivity contribution in [3.8, 4) is 0 Å². The Labute approximate surface area is 156 Å². The Morgan fingerprint density at radius 2 is 1.89 bits per heavy atom. The number of nitrogens with two attached hydrogens (primary N) is 1. The highest BCUT2D eigenvalue weighted by Crippen LogP contribution is 2.17. The standard InChI is InChI=1S/C21H20N4O2/c22-16(19-20(26)24-18-9-2-1-8-17(18)23-19)13-14-6-5-7-15(12-14)21(27)25-10-3-4-11-25/h1-2,5-9,12-13H,3-4,10-11,22H2,(H,24,26)/b16-13-. The topological polar surface area (TPSA) is 92.1 Å². The number of nitrogens with zero attached hydrogens (tertiary/aromatic N) is 2. The molecule has 2 heterocycles. The minimum Gasteiger partial charge on any atom is -0.397 e. The van der Waals surface area contributed by atoms with Crippen LogP contribution in [0.15, 0.2) is 53.3 Å². The van der Waals surface area contributed by atoms with Crippen molar-refractivity contribution in [2.75, 3.05) is 13.1 Å². The number of aromatic amines is 1. The van der Waals surface area contributed by atoms with Crippen LogP contribution in [0.2, 0.25) is 0 Å². The Morgan fingerprint density at radius 3 is 2.70 bits per heavy atom. The number of amides is 1. The fraction of sp³-hybridized carbons (Fsp3) is 0.190. The van der Waals surface area contributed by atoms with Crippen LogP contribution >= 0.6 is 0 Å². The summed E-state index contributed by atoms with van der Waals surface area (Å²) in [6, 6.07) is 14.6. The first kappa shape index (κ1) is 17.0. The second kappa shape index (κ2) is 7.07. The van der Waals surface area contributed by atoms with Crippen LogP contribution in [0.25, 0.3) is 22.8 Å². The number of H-pyrrole nitrogens is 1. The van der Waals surface area contributed by atoms with Gasteiger partial charge in [-0.25, -0.2) is 4.98 Å². The molecule has 136 valence electrons. The molecule has 0 unspecified atom stereocenters. The van der Waals surface area contributed by atoms with E-state index in [1.165, 1.54) is 0 Å². The molecule has 1 aliphatic heterocycles. The quantitative estimate of drug-likeness (QED) is 0.751.